The first-order valence-electron chi connectivity index (χ1n) is 6.82. The highest BCUT2D eigenvalue weighted by atomic mass is 16.5. The molecule has 1 amide bonds. The summed E-state index contributed by atoms with van der Waals surface area (Å²) in [6.45, 7) is 6.39. The summed E-state index contributed by atoms with van der Waals surface area (Å²) >= 11 is 0. The van der Waals surface area contributed by atoms with E-state index in [0.29, 0.717) is 24.5 Å². The third-order valence-electron chi connectivity index (χ3n) is 2.80. The standard InChI is InChI=1S/C16H21NO4/c1-4-10-17(12-15(18)20-3)16(19)13-6-8-14(9-7-13)21-11-5-2/h5-9H,2,4,10-12H2,1,3H3. The first-order chi connectivity index (χ1) is 10.1. The van der Waals surface area contributed by atoms with Crippen molar-refractivity contribution in [2.24, 2.45) is 0 Å². The Kier molecular flexibility index (Phi) is 7.01. The molecule has 0 unspecified atom stereocenters. The van der Waals surface area contributed by atoms with Gasteiger partial charge in [-0.1, -0.05) is 19.6 Å². The largest absolute Gasteiger partial charge is 0.490 e. The fourth-order valence-electron chi connectivity index (χ4n) is 1.77. The fourth-order valence-corrected chi connectivity index (χ4v) is 1.77. The highest BCUT2D eigenvalue weighted by Gasteiger charge is 2.18. The van der Waals surface area contributed by atoms with Gasteiger partial charge in [0.1, 0.15) is 18.9 Å². The Morgan fingerprint density at radius 2 is 1.95 bits per heavy atom. The number of nitrogens with zero attached hydrogens (tertiary/aromatic N) is 1. The molecule has 114 valence electrons. The number of methoxy groups -OCH3 is 1. The van der Waals surface area contributed by atoms with Crippen molar-refractivity contribution < 1.29 is 19.1 Å². The van der Waals surface area contributed by atoms with E-state index in [9.17, 15) is 9.59 Å². The molecule has 0 bridgehead atoms. The number of esters is 1. The van der Waals surface area contributed by atoms with Crippen LogP contribution < -0.4 is 4.74 Å². The lowest BCUT2D eigenvalue weighted by atomic mass is 10.2. The summed E-state index contributed by atoms with van der Waals surface area (Å²) in [6, 6.07) is 6.80. The van der Waals surface area contributed by atoms with Crippen LogP contribution in [0.4, 0.5) is 0 Å². The van der Waals surface area contributed by atoms with E-state index in [1.165, 1.54) is 12.0 Å². The van der Waals surface area contributed by atoms with Crippen molar-refractivity contribution in [1.29, 1.82) is 0 Å². The maximum atomic E-state index is 12.4. The zero-order valence-electron chi connectivity index (χ0n) is 12.5. The van der Waals surface area contributed by atoms with Crippen LogP contribution in [0.3, 0.4) is 0 Å². The highest BCUT2D eigenvalue weighted by molar-refractivity contribution is 5.96. The van der Waals surface area contributed by atoms with Gasteiger partial charge in [0, 0.05) is 12.1 Å². The maximum absolute atomic E-state index is 12.4. The highest BCUT2D eigenvalue weighted by Crippen LogP contribution is 2.14. The third-order valence-corrected chi connectivity index (χ3v) is 2.80. The Hall–Kier alpha value is -2.30. The molecule has 0 aliphatic heterocycles. The second-order valence-electron chi connectivity index (χ2n) is 4.43. The summed E-state index contributed by atoms with van der Waals surface area (Å²) in [5, 5.41) is 0. The molecule has 0 aromatic heterocycles. The van der Waals surface area contributed by atoms with Crippen LogP contribution in [0.2, 0.25) is 0 Å². The topological polar surface area (TPSA) is 55.8 Å². The second-order valence-corrected chi connectivity index (χ2v) is 4.43. The normalized spacial score (nSPS) is 9.81. The van der Waals surface area contributed by atoms with Crippen LogP contribution in [0.25, 0.3) is 0 Å². The second kappa shape index (κ2) is 8.79. The molecule has 1 aromatic carbocycles. The number of carbonyl (C=O) groups is 2. The zero-order chi connectivity index (χ0) is 15.7. The molecule has 1 rings (SSSR count). The van der Waals surface area contributed by atoms with Gasteiger partial charge < -0.3 is 14.4 Å². The Morgan fingerprint density at radius 1 is 1.29 bits per heavy atom. The molecule has 21 heavy (non-hydrogen) atoms. The predicted molar refractivity (Wildman–Crippen MR) is 80.3 cm³/mol. The number of rotatable bonds is 8. The minimum atomic E-state index is -0.428. The molecule has 0 saturated carbocycles. The number of hydrogen-bond donors (Lipinski definition) is 0. The molecule has 0 N–H and O–H groups in total. The summed E-state index contributed by atoms with van der Waals surface area (Å²) in [5.74, 6) is 0.0433. The molecule has 0 spiro atoms. The monoisotopic (exact) mass is 291 g/mol. The molecule has 5 nitrogen and oxygen atoms in total. The van der Waals surface area contributed by atoms with Crippen molar-refractivity contribution in [3.63, 3.8) is 0 Å². The van der Waals surface area contributed by atoms with Crippen LogP contribution >= 0.6 is 0 Å². The van der Waals surface area contributed by atoms with E-state index in [0.717, 1.165) is 6.42 Å². The van der Waals surface area contributed by atoms with Crippen molar-refractivity contribution in [1.82, 2.24) is 4.90 Å². The Labute approximate surface area is 125 Å². The van der Waals surface area contributed by atoms with Crippen LogP contribution in [0, 0.1) is 0 Å². The van der Waals surface area contributed by atoms with Gasteiger partial charge in [-0.25, -0.2) is 0 Å². The van der Waals surface area contributed by atoms with E-state index in [-0.39, 0.29) is 12.5 Å². The smallest absolute Gasteiger partial charge is 0.325 e. The average Bonchev–Trinajstić information content (AvgIpc) is 2.52. The number of ether oxygens (including phenoxy) is 2. The van der Waals surface area contributed by atoms with Crippen LogP contribution in [0.15, 0.2) is 36.9 Å². The van der Waals surface area contributed by atoms with Gasteiger partial charge in [0.15, 0.2) is 0 Å². The Bertz CT molecular complexity index is 482. The van der Waals surface area contributed by atoms with Gasteiger partial charge in [-0.2, -0.15) is 0 Å². The number of amides is 1. The molecule has 0 aliphatic carbocycles. The molecule has 0 saturated heterocycles. The van der Waals surface area contributed by atoms with Gasteiger partial charge in [0.25, 0.3) is 5.91 Å². The quantitative estimate of drug-likeness (QED) is 0.544. The number of hydrogen-bond acceptors (Lipinski definition) is 4. The average molecular weight is 291 g/mol. The van der Waals surface area contributed by atoms with Gasteiger partial charge in [0.05, 0.1) is 7.11 Å². The lowest BCUT2D eigenvalue weighted by Crippen LogP contribution is -2.36. The first kappa shape index (κ1) is 16.8. The lowest BCUT2D eigenvalue weighted by molar-refractivity contribution is -0.141. The Balaban J connectivity index is 2.77. The van der Waals surface area contributed by atoms with Crippen molar-refractivity contribution in [3.05, 3.63) is 42.5 Å². The van der Waals surface area contributed by atoms with Crippen LogP contribution in [0.1, 0.15) is 23.7 Å². The Morgan fingerprint density at radius 3 is 2.48 bits per heavy atom. The molecular formula is C16H21NO4. The van der Waals surface area contributed by atoms with Crippen molar-refractivity contribution in [3.8, 4) is 5.75 Å². The van der Waals surface area contributed by atoms with E-state index in [1.807, 2.05) is 6.92 Å². The maximum Gasteiger partial charge on any atom is 0.325 e. The molecule has 0 radical (unpaired) electrons. The first-order valence-corrected chi connectivity index (χ1v) is 6.82. The summed E-state index contributed by atoms with van der Waals surface area (Å²) in [7, 11) is 1.31. The summed E-state index contributed by atoms with van der Waals surface area (Å²) in [6.07, 6.45) is 2.42. The van der Waals surface area contributed by atoms with E-state index in [1.54, 1.807) is 30.3 Å². The van der Waals surface area contributed by atoms with E-state index in [2.05, 4.69) is 11.3 Å². The van der Waals surface area contributed by atoms with Crippen LogP contribution in [-0.4, -0.2) is 43.6 Å². The van der Waals surface area contributed by atoms with Gasteiger partial charge in [0.2, 0.25) is 0 Å². The zero-order valence-corrected chi connectivity index (χ0v) is 12.5. The number of carbonyl (C=O) groups excluding carboxylic acids is 2. The van der Waals surface area contributed by atoms with E-state index < -0.39 is 5.97 Å². The fraction of sp³-hybridized carbons (Fsp3) is 0.375. The summed E-state index contributed by atoms with van der Waals surface area (Å²) < 4.78 is 9.98. The molecule has 0 aliphatic rings. The van der Waals surface area contributed by atoms with Gasteiger partial charge in [-0.05, 0) is 30.7 Å². The molecule has 0 heterocycles. The van der Waals surface area contributed by atoms with Crippen molar-refractivity contribution in [2.45, 2.75) is 13.3 Å². The lowest BCUT2D eigenvalue weighted by Gasteiger charge is -2.20. The molecule has 0 fully saturated rings. The minimum absolute atomic E-state index is 0.0438. The van der Waals surface area contributed by atoms with E-state index in [4.69, 9.17) is 4.74 Å². The summed E-state index contributed by atoms with van der Waals surface area (Å²) in [4.78, 5) is 25.2. The van der Waals surface area contributed by atoms with Gasteiger partial charge >= 0.3 is 5.97 Å². The third kappa shape index (κ3) is 5.30. The molecular weight excluding hydrogens is 270 g/mol. The molecule has 1 aromatic rings. The van der Waals surface area contributed by atoms with E-state index >= 15 is 0 Å². The van der Waals surface area contributed by atoms with Crippen LogP contribution in [0.5, 0.6) is 5.75 Å². The molecule has 0 atom stereocenters. The SMILES string of the molecule is C=CCOc1ccc(C(=O)N(CCC)CC(=O)OC)cc1. The van der Waals surface area contributed by atoms with Crippen molar-refractivity contribution >= 4 is 11.9 Å². The summed E-state index contributed by atoms with van der Waals surface area (Å²) in [5.41, 5.74) is 0.512. The van der Waals surface area contributed by atoms with Gasteiger partial charge in [-0.15, -0.1) is 0 Å². The minimum Gasteiger partial charge on any atom is -0.490 e. The predicted octanol–water partition coefficient (Wildman–Crippen LogP) is 2.28. The van der Waals surface area contributed by atoms with Crippen molar-refractivity contribution in [2.75, 3.05) is 26.8 Å². The van der Waals surface area contributed by atoms with Crippen LogP contribution in [-0.2, 0) is 9.53 Å². The van der Waals surface area contributed by atoms with Gasteiger partial charge in [-0.3, -0.25) is 9.59 Å². The number of benzene rings is 1. The molecule has 5 heteroatoms.